The van der Waals surface area contributed by atoms with Crippen molar-refractivity contribution in [2.45, 2.75) is 6.92 Å². The summed E-state index contributed by atoms with van der Waals surface area (Å²) in [6.07, 6.45) is 3.23. The Morgan fingerprint density at radius 3 is 2.83 bits per heavy atom. The first-order valence-corrected chi connectivity index (χ1v) is 5.51. The van der Waals surface area contributed by atoms with E-state index in [1.165, 1.54) is 17.8 Å². The number of fused-ring (bicyclic) bond motifs is 1. The Morgan fingerprint density at radius 1 is 1.56 bits per heavy atom. The van der Waals surface area contributed by atoms with Crippen LogP contribution >= 0.6 is 12.2 Å². The first-order valence-electron chi connectivity index (χ1n) is 5.10. The van der Waals surface area contributed by atoms with Gasteiger partial charge in [-0.05, 0) is 13.0 Å². The summed E-state index contributed by atoms with van der Waals surface area (Å²) in [5, 5.41) is 4.21. The molecule has 0 atom stereocenters. The SMILES string of the molecule is C/C=C(\OC)c1nc2c(C(N)=S)cnc(N)n2n1. The van der Waals surface area contributed by atoms with Gasteiger partial charge in [-0.15, -0.1) is 5.10 Å². The molecule has 0 aliphatic rings. The third-order valence-corrected chi connectivity index (χ3v) is 2.58. The van der Waals surface area contributed by atoms with Crippen LogP contribution < -0.4 is 11.5 Å². The van der Waals surface area contributed by atoms with Crippen molar-refractivity contribution in [3.8, 4) is 0 Å². The number of rotatable bonds is 3. The Hall–Kier alpha value is -2.22. The summed E-state index contributed by atoms with van der Waals surface area (Å²) in [5.74, 6) is 1.14. The van der Waals surface area contributed by atoms with Crippen LogP contribution in [0.25, 0.3) is 11.4 Å². The van der Waals surface area contributed by atoms with Crippen LogP contribution in [-0.4, -0.2) is 31.7 Å². The van der Waals surface area contributed by atoms with Gasteiger partial charge in [0, 0.05) is 6.20 Å². The lowest BCUT2D eigenvalue weighted by Crippen LogP contribution is -2.13. The number of nitrogens with zero attached hydrogens (tertiary/aromatic N) is 4. The predicted molar refractivity (Wildman–Crippen MR) is 71.7 cm³/mol. The minimum absolute atomic E-state index is 0.186. The van der Waals surface area contributed by atoms with Crippen LogP contribution in [0, 0.1) is 0 Å². The zero-order chi connectivity index (χ0) is 13.3. The summed E-state index contributed by atoms with van der Waals surface area (Å²) in [4.78, 5) is 8.46. The topological polar surface area (TPSA) is 104 Å². The summed E-state index contributed by atoms with van der Waals surface area (Å²) in [6, 6.07) is 0. The van der Waals surface area contributed by atoms with Crippen LogP contribution in [-0.2, 0) is 4.74 Å². The summed E-state index contributed by atoms with van der Waals surface area (Å²) < 4.78 is 6.53. The fraction of sp³-hybridized carbons (Fsp3) is 0.200. The van der Waals surface area contributed by atoms with Gasteiger partial charge in [0.2, 0.25) is 11.8 Å². The van der Waals surface area contributed by atoms with Crippen LogP contribution in [0.5, 0.6) is 0 Å². The van der Waals surface area contributed by atoms with Crippen molar-refractivity contribution in [2.75, 3.05) is 12.8 Å². The van der Waals surface area contributed by atoms with E-state index >= 15 is 0 Å². The van der Waals surface area contributed by atoms with E-state index in [9.17, 15) is 0 Å². The number of nitrogens with two attached hydrogens (primary N) is 2. The highest BCUT2D eigenvalue weighted by atomic mass is 32.1. The van der Waals surface area contributed by atoms with Gasteiger partial charge >= 0.3 is 0 Å². The molecule has 0 saturated carbocycles. The van der Waals surface area contributed by atoms with E-state index in [-0.39, 0.29) is 10.9 Å². The minimum Gasteiger partial charge on any atom is -0.493 e. The van der Waals surface area contributed by atoms with E-state index < -0.39 is 0 Å². The number of aromatic nitrogens is 4. The Bertz CT molecular complexity index is 647. The molecule has 2 rings (SSSR count). The molecular formula is C10H12N6OS. The second kappa shape index (κ2) is 4.57. The summed E-state index contributed by atoms with van der Waals surface area (Å²) in [6.45, 7) is 1.82. The van der Waals surface area contributed by atoms with Crippen molar-refractivity contribution in [1.82, 2.24) is 19.6 Å². The van der Waals surface area contributed by atoms with Crippen molar-refractivity contribution in [2.24, 2.45) is 5.73 Å². The molecule has 2 aromatic rings. The molecule has 0 bridgehead atoms. The largest absolute Gasteiger partial charge is 0.493 e. The molecule has 8 heteroatoms. The summed E-state index contributed by atoms with van der Waals surface area (Å²) >= 11 is 4.93. The number of methoxy groups -OCH3 is 1. The minimum atomic E-state index is 0.186. The van der Waals surface area contributed by atoms with Crippen molar-refractivity contribution in [1.29, 1.82) is 0 Å². The van der Waals surface area contributed by atoms with Crippen LogP contribution in [0.15, 0.2) is 12.3 Å². The van der Waals surface area contributed by atoms with Gasteiger partial charge in [-0.3, -0.25) is 0 Å². The third kappa shape index (κ3) is 1.86. The van der Waals surface area contributed by atoms with E-state index in [0.29, 0.717) is 22.8 Å². The van der Waals surface area contributed by atoms with E-state index in [1.54, 1.807) is 6.08 Å². The molecule has 0 unspecified atom stereocenters. The Balaban J connectivity index is 2.73. The van der Waals surface area contributed by atoms with Crippen molar-refractivity contribution in [3.63, 3.8) is 0 Å². The summed E-state index contributed by atoms with van der Waals surface area (Å²) in [5.41, 5.74) is 12.3. The average Bonchev–Trinajstić information content (AvgIpc) is 2.76. The lowest BCUT2D eigenvalue weighted by atomic mass is 10.3. The maximum Gasteiger partial charge on any atom is 0.223 e. The molecule has 0 radical (unpaired) electrons. The van der Waals surface area contributed by atoms with E-state index in [4.69, 9.17) is 28.4 Å². The van der Waals surface area contributed by atoms with Crippen molar-refractivity contribution in [3.05, 3.63) is 23.7 Å². The fourth-order valence-corrected chi connectivity index (χ4v) is 1.65. The number of hydrogen-bond donors (Lipinski definition) is 2. The highest BCUT2D eigenvalue weighted by Gasteiger charge is 2.15. The third-order valence-electron chi connectivity index (χ3n) is 2.36. The van der Waals surface area contributed by atoms with Gasteiger partial charge in [-0.2, -0.15) is 4.52 Å². The van der Waals surface area contributed by atoms with Crippen LogP contribution in [0.2, 0.25) is 0 Å². The highest BCUT2D eigenvalue weighted by Crippen LogP contribution is 2.16. The molecular weight excluding hydrogens is 252 g/mol. The standard InChI is InChI=1S/C10H12N6OS/c1-3-6(17-2)8-14-9-5(7(11)18)4-13-10(12)16(9)15-8/h3-4H,1-2H3,(H2,11,18)(H2,12,13)/b6-3-. The maximum atomic E-state index is 5.73. The van der Waals surface area contributed by atoms with Crippen LogP contribution in [0.3, 0.4) is 0 Å². The van der Waals surface area contributed by atoms with E-state index in [2.05, 4.69) is 15.1 Å². The number of thiocarbonyl (C=S) groups is 1. The molecule has 0 aromatic carbocycles. The lowest BCUT2D eigenvalue weighted by Gasteiger charge is -2.00. The molecule has 2 aromatic heterocycles. The van der Waals surface area contributed by atoms with Gasteiger partial charge in [0.1, 0.15) is 4.99 Å². The monoisotopic (exact) mass is 264 g/mol. The molecule has 0 saturated heterocycles. The second-order valence-corrected chi connectivity index (χ2v) is 3.86. The molecule has 0 spiro atoms. The number of anilines is 1. The van der Waals surface area contributed by atoms with Gasteiger partial charge in [-0.1, -0.05) is 12.2 Å². The first kappa shape index (κ1) is 12.2. The van der Waals surface area contributed by atoms with Gasteiger partial charge in [0.15, 0.2) is 11.4 Å². The zero-order valence-corrected chi connectivity index (χ0v) is 10.7. The number of nitrogen functional groups attached to an aromatic ring is 1. The van der Waals surface area contributed by atoms with E-state index in [0.717, 1.165) is 0 Å². The molecule has 0 aliphatic carbocycles. The Kier molecular flexibility index (Phi) is 3.11. The first-order chi connectivity index (χ1) is 8.58. The Morgan fingerprint density at radius 2 is 2.28 bits per heavy atom. The normalized spacial score (nSPS) is 11.8. The lowest BCUT2D eigenvalue weighted by molar-refractivity contribution is 0.365. The Labute approximate surface area is 108 Å². The average molecular weight is 264 g/mol. The molecule has 18 heavy (non-hydrogen) atoms. The highest BCUT2D eigenvalue weighted by molar-refractivity contribution is 7.80. The van der Waals surface area contributed by atoms with Gasteiger partial charge in [0.05, 0.1) is 12.7 Å². The molecule has 7 nitrogen and oxygen atoms in total. The quantitative estimate of drug-likeness (QED) is 0.608. The second-order valence-electron chi connectivity index (χ2n) is 3.42. The number of allylic oxidation sites excluding steroid dienone is 1. The van der Waals surface area contributed by atoms with Gasteiger partial charge in [0.25, 0.3) is 0 Å². The van der Waals surface area contributed by atoms with Gasteiger partial charge in [-0.25, -0.2) is 9.97 Å². The summed E-state index contributed by atoms with van der Waals surface area (Å²) in [7, 11) is 1.54. The molecule has 0 amide bonds. The smallest absolute Gasteiger partial charge is 0.223 e. The van der Waals surface area contributed by atoms with Crippen molar-refractivity contribution >= 4 is 34.6 Å². The molecule has 2 heterocycles. The zero-order valence-electron chi connectivity index (χ0n) is 9.91. The molecule has 0 aliphatic heterocycles. The molecule has 94 valence electrons. The molecule has 0 fully saturated rings. The molecule has 4 N–H and O–H groups in total. The van der Waals surface area contributed by atoms with Crippen LogP contribution in [0.4, 0.5) is 5.95 Å². The fourth-order valence-electron chi connectivity index (χ4n) is 1.51. The van der Waals surface area contributed by atoms with Crippen LogP contribution in [0.1, 0.15) is 18.3 Å². The maximum absolute atomic E-state index is 5.73. The predicted octanol–water partition coefficient (Wildman–Crippen LogP) is 0.348. The number of hydrogen-bond acceptors (Lipinski definition) is 6. The van der Waals surface area contributed by atoms with E-state index in [1.807, 2.05) is 6.92 Å². The number of ether oxygens (including phenoxy) is 1. The van der Waals surface area contributed by atoms with Crippen molar-refractivity contribution < 1.29 is 4.74 Å². The van der Waals surface area contributed by atoms with Gasteiger partial charge < -0.3 is 16.2 Å².